The Morgan fingerprint density at radius 1 is 1.32 bits per heavy atom. The highest BCUT2D eigenvalue weighted by Crippen LogP contribution is 2.41. The molecule has 1 unspecified atom stereocenters. The minimum absolute atomic E-state index is 0.0281. The number of carbonyl (C=O) groups is 1. The van der Waals surface area contributed by atoms with Crippen LogP contribution in [-0.2, 0) is 11.3 Å². The van der Waals surface area contributed by atoms with E-state index in [0.717, 1.165) is 30.8 Å². The summed E-state index contributed by atoms with van der Waals surface area (Å²) in [6, 6.07) is 5.91. The molecule has 1 atom stereocenters. The predicted octanol–water partition coefficient (Wildman–Crippen LogP) is 2.95. The van der Waals surface area contributed by atoms with Gasteiger partial charge in [0.2, 0.25) is 5.91 Å². The number of ether oxygens (including phenoxy) is 2. The highest BCUT2D eigenvalue weighted by atomic mass is 32.2. The minimum Gasteiger partial charge on any atom is -0.493 e. The van der Waals surface area contributed by atoms with E-state index in [2.05, 4.69) is 4.98 Å². The quantitative estimate of drug-likeness (QED) is 0.723. The molecule has 0 bridgehead atoms. The van der Waals surface area contributed by atoms with E-state index in [4.69, 9.17) is 9.47 Å². The summed E-state index contributed by atoms with van der Waals surface area (Å²) in [7, 11) is 1.63. The number of imidazole rings is 1. The number of nitrogens with zero attached hydrogens (tertiary/aromatic N) is 3. The van der Waals surface area contributed by atoms with Crippen molar-refractivity contribution >= 4 is 17.7 Å². The van der Waals surface area contributed by atoms with E-state index in [1.54, 1.807) is 31.4 Å². The molecule has 6 nitrogen and oxygen atoms in total. The van der Waals surface area contributed by atoms with Crippen LogP contribution in [0.25, 0.3) is 0 Å². The van der Waals surface area contributed by atoms with Crippen LogP contribution in [0, 0.1) is 0 Å². The summed E-state index contributed by atoms with van der Waals surface area (Å²) < 4.78 is 13.1. The van der Waals surface area contributed by atoms with Gasteiger partial charge in [0, 0.05) is 25.5 Å². The first kappa shape index (κ1) is 17.7. The van der Waals surface area contributed by atoms with Crippen LogP contribution in [0.5, 0.6) is 11.5 Å². The monoisotopic (exact) mass is 361 g/mol. The SMILES string of the molecule is CCOc1cc(C2SCC(=O)N2CCCn2ccnc2)ccc1OC. The van der Waals surface area contributed by atoms with E-state index in [1.165, 1.54) is 0 Å². The van der Waals surface area contributed by atoms with Gasteiger partial charge in [0.05, 0.1) is 25.8 Å². The van der Waals surface area contributed by atoms with Gasteiger partial charge >= 0.3 is 0 Å². The van der Waals surface area contributed by atoms with Gasteiger partial charge in [0.15, 0.2) is 11.5 Å². The van der Waals surface area contributed by atoms with Gasteiger partial charge in [-0.25, -0.2) is 4.98 Å². The molecular weight excluding hydrogens is 338 g/mol. The molecule has 2 aromatic rings. The molecule has 1 amide bonds. The first-order chi connectivity index (χ1) is 12.2. The van der Waals surface area contributed by atoms with E-state index in [0.29, 0.717) is 18.1 Å². The standard InChI is InChI=1S/C18H23N3O3S/c1-3-24-16-11-14(5-6-15(16)23-2)18-21(17(22)12-25-18)9-4-8-20-10-7-19-13-20/h5-7,10-11,13,18H,3-4,8-9,12H2,1-2H3. The molecule has 1 aliphatic heterocycles. The summed E-state index contributed by atoms with van der Waals surface area (Å²) in [5.74, 6) is 2.15. The fraction of sp³-hybridized carbons (Fsp3) is 0.444. The molecule has 0 aliphatic carbocycles. The molecule has 3 rings (SSSR count). The topological polar surface area (TPSA) is 56.6 Å². The van der Waals surface area contributed by atoms with Crippen molar-refractivity contribution in [3.05, 3.63) is 42.5 Å². The van der Waals surface area contributed by atoms with Crippen molar-refractivity contribution < 1.29 is 14.3 Å². The largest absolute Gasteiger partial charge is 0.493 e. The average Bonchev–Trinajstić information content (AvgIpc) is 3.26. The van der Waals surface area contributed by atoms with Gasteiger partial charge in [-0.1, -0.05) is 6.07 Å². The van der Waals surface area contributed by atoms with Crippen LogP contribution >= 0.6 is 11.8 Å². The van der Waals surface area contributed by atoms with Gasteiger partial charge in [-0.05, 0) is 31.0 Å². The van der Waals surface area contributed by atoms with Gasteiger partial charge < -0.3 is 18.9 Å². The van der Waals surface area contributed by atoms with E-state index in [-0.39, 0.29) is 11.3 Å². The number of hydrogen-bond acceptors (Lipinski definition) is 5. The molecule has 1 aromatic carbocycles. The van der Waals surface area contributed by atoms with Crippen molar-refractivity contribution in [3.63, 3.8) is 0 Å². The van der Waals surface area contributed by atoms with Crippen molar-refractivity contribution in [2.24, 2.45) is 0 Å². The zero-order valence-corrected chi connectivity index (χ0v) is 15.4. The number of methoxy groups -OCH3 is 1. The average molecular weight is 361 g/mol. The van der Waals surface area contributed by atoms with Gasteiger partial charge in [-0.2, -0.15) is 0 Å². The zero-order valence-electron chi connectivity index (χ0n) is 14.6. The number of aromatic nitrogens is 2. The maximum atomic E-state index is 12.3. The first-order valence-corrected chi connectivity index (χ1v) is 9.45. The molecule has 1 saturated heterocycles. The molecule has 0 N–H and O–H groups in total. The summed E-state index contributed by atoms with van der Waals surface area (Å²) in [4.78, 5) is 18.3. The van der Waals surface area contributed by atoms with Crippen molar-refractivity contribution in [3.8, 4) is 11.5 Å². The molecule has 7 heteroatoms. The maximum Gasteiger partial charge on any atom is 0.233 e. The van der Waals surface area contributed by atoms with Crippen LogP contribution in [0.2, 0.25) is 0 Å². The maximum absolute atomic E-state index is 12.3. The highest BCUT2D eigenvalue weighted by Gasteiger charge is 2.32. The normalized spacial score (nSPS) is 17.1. The second-order valence-corrected chi connectivity index (χ2v) is 6.82. The molecule has 2 heterocycles. The Labute approximate surface area is 152 Å². The molecule has 1 aromatic heterocycles. The van der Waals surface area contributed by atoms with Crippen LogP contribution in [0.4, 0.5) is 0 Å². The summed E-state index contributed by atoms with van der Waals surface area (Å²) >= 11 is 1.66. The van der Waals surface area contributed by atoms with Crippen LogP contribution < -0.4 is 9.47 Å². The number of aryl methyl sites for hydroxylation is 1. The third-order valence-electron chi connectivity index (χ3n) is 4.12. The lowest BCUT2D eigenvalue weighted by atomic mass is 10.1. The Morgan fingerprint density at radius 3 is 2.92 bits per heavy atom. The fourth-order valence-electron chi connectivity index (χ4n) is 2.93. The molecule has 0 saturated carbocycles. The summed E-state index contributed by atoms with van der Waals surface area (Å²) in [6.45, 7) is 4.10. The number of hydrogen-bond donors (Lipinski definition) is 0. The molecule has 1 aliphatic rings. The smallest absolute Gasteiger partial charge is 0.233 e. The van der Waals surface area contributed by atoms with Gasteiger partial charge in [-0.3, -0.25) is 4.79 Å². The lowest BCUT2D eigenvalue weighted by molar-refractivity contribution is -0.128. The molecule has 0 radical (unpaired) electrons. The minimum atomic E-state index is 0.0281. The molecule has 25 heavy (non-hydrogen) atoms. The molecule has 134 valence electrons. The van der Waals surface area contributed by atoms with Crippen LogP contribution in [0.3, 0.4) is 0 Å². The van der Waals surface area contributed by atoms with Gasteiger partial charge in [0.1, 0.15) is 5.37 Å². The Morgan fingerprint density at radius 2 is 2.20 bits per heavy atom. The third-order valence-corrected chi connectivity index (χ3v) is 5.37. The van der Waals surface area contributed by atoms with Crippen molar-refractivity contribution in [1.82, 2.24) is 14.5 Å². The van der Waals surface area contributed by atoms with E-state index < -0.39 is 0 Å². The van der Waals surface area contributed by atoms with Crippen LogP contribution in [-0.4, -0.2) is 46.4 Å². The Hall–Kier alpha value is -2.15. The van der Waals surface area contributed by atoms with E-state index in [1.807, 2.05) is 40.8 Å². The van der Waals surface area contributed by atoms with Crippen molar-refractivity contribution in [1.29, 1.82) is 0 Å². The highest BCUT2D eigenvalue weighted by molar-refractivity contribution is 8.00. The number of carbonyl (C=O) groups excluding carboxylic acids is 1. The Balaban J connectivity index is 1.71. The van der Waals surface area contributed by atoms with Crippen molar-refractivity contribution in [2.45, 2.75) is 25.3 Å². The number of benzene rings is 1. The second kappa shape index (κ2) is 8.29. The first-order valence-electron chi connectivity index (χ1n) is 8.40. The van der Waals surface area contributed by atoms with E-state index in [9.17, 15) is 4.79 Å². The number of amides is 1. The van der Waals surface area contributed by atoms with Gasteiger partial charge in [-0.15, -0.1) is 11.8 Å². The van der Waals surface area contributed by atoms with Crippen LogP contribution in [0.1, 0.15) is 24.3 Å². The molecule has 0 spiro atoms. The second-order valence-electron chi connectivity index (χ2n) is 5.75. The summed E-state index contributed by atoms with van der Waals surface area (Å²) in [6.07, 6.45) is 6.41. The summed E-state index contributed by atoms with van der Waals surface area (Å²) in [5, 5.41) is 0.0281. The predicted molar refractivity (Wildman–Crippen MR) is 97.9 cm³/mol. The van der Waals surface area contributed by atoms with Crippen LogP contribution in [0.15, 0.2) is 36.9 Å². The fourth-order valence-corrected chi connectivity index (χ4v) is 4.14. The molecular formula is C18H23N3O3S. The lowest BCUT2D eigenvalue weighted by Gasteiger charge is -2.25. The zero-order chi connectivity index (χ0) is 17.6. The number of rotatable bonds is 8. The van der Waals surface area contributed by atoms with Crippen molar-refractivity contribution in [2.75, 3.05) is 26.0 Å². The van der Waals surface area contributed by atoms with Gasteiger partial charge in [0.25, 0.3) is 0 Å². The molecule has 1 fully saturated rings. The Kier molecular flexibility index (Phi) is 5.86. The van der Waals surface area contributed by atoms with E-state index >= 15 is 0 Å². The lowest BCUT2D eigenvalue weighted by Crippen LogP contribution is -2.29. The number of thioether (sulfide) groups is 1. The Bertz CT molecular complexity index is 706. The third kappa shape index (κ3) is 4.10. The summed E-state index contributed by atoms with van der Waals surface area (Å²) in [5.41, 5.74) is 1.07.